The molecule has 1 fully saturated rings. The Morgan fingerprint density at radius 2 is 1.65 bits per heavy atom. The molecule has 5 nitrogen and oxygen atoms in total. The Bertz CT molecular complexity index is 1380. The lowest BCUT2D eigenvalue weighted by atomic mass is 10.0. The molecule has 0 radical (unpaired) electrons. The van der Waals surface area contributed by atoms with Crippen molar-refractivity contribution in [1.29, 1.82) is 0 Å². The van der Waals surface area contributed by atoms with Gasteiger partial charge < -0.3 is 9.64 Å². The number of thioether (sulfide) groups is 1. The number of nitrogens with zero attached hydrogens (tertiary/aromatic N) is 1. The molecule has 9 heteroatoms. The van der Waals surface area contributed by atoms with Gasteiger partial charge in [0.25, 0.3) is 0 Å². The molecule has 0 spiro atoms. The molecule has 2 atom stereocenters. The van der Waals surface area contributed by atoms with E-state index in [9.17, 15) is 13.2 Å². The quantitative estimate of drug-likeness (QED) is 0.161. The number of esters is 1. The molecular weight excluding hydrogens is 549 g/mol. The number of sulfone groups is 1. The van der Waals surface area contributed by atoms with E-state index in [1.54, 1.807) is 37.3 Å². The highest BCUT2D eigenvalue weighted by Crippen LogP contribution is 2.53. The lowest BCUT2D eigenvalue weighted by Crippen LogP contribution is -2.34. The lowest BCUT2D eigenvalue weighted by Gasteiger charge is -2.30. The van der Waals surface area contributed by atoms with E-state index in [1.165, 1.54) is 23.9 Å². The second-order valence-corrected chi connectivity index (χ2v) is 12.3. The number of anilines is 1. The van der Waals surface area contributed by atoms with Crippen molar-refractivity contribution >= 4 is 56.5 Å². The van der Waals surface area contributed by atoms with Crippen LogP contribution in [0.4, 0.5) is 5.69 Å². The number of carbonyl (C=O) groups is 1. The number of hydrogen-bond donors (Lipinski definition) is 0. The summed E-state index contributed by atoms with van der Waals surface area (Å²) in [6.07, 6.45) is 0.556. The number of halogens is 2. The van der Waals surface area contributed by atoms with Gasteiger partial charge in [-0.3, -0.25) is 0 Å². The Balaban J connectivity index is 2.00. The van der Waals surface area contributed by atoms with Crippen molar-refractivity contribution in [3.05, 3.63) is 105 Å². The third-order valence-corrected chi connectivity index (χ3v) is 9.89. The average molecular weight is 577 g/mol. The second-order valence-electron chi connectivity index (χ2n) is 8.51. The topological polar surface area (TPSA) is 63.7 Å². The van der Waals surface area contributed by atoms with Crippen LogP contribution in [0.1, 0.15) is 29.7 Å². The monoisotopic (exact) mass is 575 g/mol. The van der Waals surface area contributed by atoms with Crippen molar-refractivity contribution in [2.24, 2.45) is 0 Å². The smallest absolute Gasteiger partial charge is 0.352 e. The van der Waals surface area contributed by atoms with Crippen molar-refractivity contribution in [3.8, 4) is 0 Å². The van der Waals surface area contributed by atoms with Crippen LogP contribution < -0.4 is 4.90 Å². The first-order chi connectivity index (χ1) is 17.8. The fourth-order valence-electron chi connectivity index (χ4n) is 4.28. The highest BCUT2D eigenvalue weighted by molar-refractivity contribution is 8.05. The van der Waals surface area contributed by atoms with E-state index in [4.69, 9.17) is 27.9 Å². The molecule has 0 saturated carbocycles. The number of hydrogen-bond acceptors (Lipinski definition) is 6. The third kappa shape index (κ3) is 5.85. The van der Waals surface area contributed by atoms with Crippen LogP contribution in [-0.2, 0) is 19.4 Å². The zero-order valence-electron chi connectivity index (χ0n) is 20.4. The highest BCUT2D eigenvalue weighted by Gasteiger charge is 2.45. The molecule has 3 aromatic rings. The summed E-state index contributed by atoms with van der Waals surface area (Å²) in [7, 11) is -4.22. The zero-order valence-corrected chi connectivity index (χ0v) is 23.6. The van der Waals surface area contributed by atoms with E-state index in [2.05, 4.69) is 0 Å². The summed E-state index contributed by atoms with van der Waals surface area (Å²) in [5, 5.41) is 0.679. The molecule has 4 rings (SSSR count). The Hall–Kier alpha value is -2.45. The fraction of sp³-hybridized carbons (Fsp3) is 0.250. The Kier molecular flexibility index (Phi) is 8.90. The zero-order chi connectivity index (χ0) is 26.6. The molecule has 0 aliphatic carbocycles. The number of aryl methyl sites for hydroxylation is 1. The van der Waals surface area contributed by atoms with Gasteiger partial charge in [0.15, 0.2) is 4.91 Å². The average Bonchev–Trinajstić information content (AvgIpc) is 3.24. The summed E-state index contributed by atoms with van der Waals surface area (Å²) in [6, 6.07) is 23.0. The van der Waals surface area contributed by atoms with Crippen LogP contribution in [0, 0.1) is 6.92 Å². The molecule has 37 heavy (non-hydrogen) atoms. The van der Waals surface area contributed by atoms with Gasteiger partial charge in [0.05, 0.1) is 22.8 Å². The van der Waals surface area contributed by atoms with Crippen LogP contribution in [0.5, 0.6) is 0 Å². The van der Waals surface area contributed by atoms with Crippen molar-refractivity contribution in [3.63, 3.8) is 0 Å². The first-order valence-corrected chi connectivity index (χ1v) is 15.1. The Labute approximate surface area is 232 Å². The van der Waals surface area contributed by atoms with Crippen molar-refractivity contribution in [2.45, 2.75) is 36.5 Å². The van der Waals surface area contributed by atoms with Crippen molar-refractivity contribution < 1.29 is 17.9 Å². The van der Waals surface area contributed by atoms with Gasteiger partial charge in [0.2, 0.25) is 9.84 Å². The highest BCUT2D eigenvalue weighted by atomic mass is 35.5. The van der Waals surface area contributed by atoms with Crippen LogP contribution >= 0.6 is 35.0 Å². The number of alkyl halides is 1. The van der Waals surface area contributed by atoms with Crippen LogP contribution in [-0.4, -0.2) is 32.9 Å². The number of rotatable bonds is 8. The van der Waals surface area contributed by atoms with E-state index in [0.717, 1.165) is 11.1 Å². The number of carbonyl (C=O) groups excluding carboxylic acids is 1. The maximum atomic E-state index is 14.0. The van der Waals surface area contributed by atoms with E-state index >= 15 is 0 Å². The Morgan fingerprint density at radius 3 is 2.24 bits per heavy atom. The molecule has 0 unspecified atom stereocenters. The van der Waals surface area contributed by atoms with Crippen molar-refractivity contribution in [2.75, 3.05) is 17.4 Å². The van der Waals surface area contributed by atoms with Gasteiger partial charge in [-0.15, -0.1) is 11.6 Å². The minimum Gasteiger partial charge on any atom is -0.462 e. The van der Waals surface area contributed by atoms with Crippen LogP contribution in [0.25, 0.3) is 0 Å². The van der Waals surface area contributed by atoms with Gasteiger partial charge in [0.1, 0.15) is 5.03 Å². The molecule has 1 saturated heterocycles. The van der Waals surface area contributed by atoms with Gasteiger partial charge >= 0.3 is 5.97 Å². The molecular formula is C28H27Cl2NO4S2. The molecule has 1 heterocycles. The van der Waals surface area contributed by atoms with Gasteiger partial charge in [-0.1, -0.05) is 71.4 Å². The van der Waals surface area contributed by atoms with E-state index in [1.807, 2.05) is 48.2 Å². The second kappa shape index (κ2) is 11.9. The SMILES string of the molecule is CCOC(=O)/C(=C1/S[C@H](c2ccc(C)cc2)[C@@H](CCCl)N1c1ccc(Cl)cc1)S(=O)(=O)c1ccccc1. The molecule has 0 N–H and O–H groups in total. The van der Waals surface area contributed by atoms with Crippen LogP contribution in [0.2, 0.25) is 5.02 Å². The molecule has 0 aromatic heterocycles. The van der Waals surface area contributed by atoms with E-state index in [-0.39, 0.29) is 27.7 Å². The maximum absolute atomic E-state index is 14.0. The summed E-state index contributed by atoms with van der Waals surface area (Å²) >= 11 is 13.8. The van der Waals surface area contributed by atoms with Gasteiger partial charge in [-0.25, -0.2) is 13.2 Å². The van der Waals surface area contributed by atoms with Gasteiger partial charge in [-0.05, 0) is 62.2 Å². The minimum atomic E-state index is -4.22. The summed E-state index contributed by atoms with van der Waals surface area (Å²) in [4.78, 5) is 14.9. The predicted molar refractivity (Wildman–Crippen MR) is 152 cm³/mol. The molecule has 194 valence electrons. The third-order valence-electron chi connectivity index (χ3n) is 6.03. The van der Waals surface area contributed by atoms with Crippen LogP contribution in [0.15, 0.2) is 93.7 Å². The molecule has 0 bridgehead atoms. The maximum Gasteiger partial charge on any atom is 0.352 e. The summed E-state index contributed by atoms with van der Waals surface area (Å²) in [5.41, 5.74) is 2.84. The minimum absolute atomic E-state index is 0.0230. The van der Waals surface area contributed by atoms with E-state index < -0.39 is 15.8 Å². The normalized spacial score (nSPS) is 19.1. The van der Waals surface area contributed by atoms with Crippen LogP contribution in [0.3, 0.4) is 0 Å². The Morgan fingerprint density at radius 1 is 1.00 bits per heavy atom. The molecule has 3 aromatic carbocycles. The summed E-state index contributed by atoms with van der Waals surface area (Å²) in [5.74, 6) is -0.535. The first kappa shape index (κ1) is 27.6. The largest absolute Gasteiger partial charge is 0.462 e. The van der Waals surface area contributed by atoms with E-state index in [0.29, 0.717) is 28.0 Å². The number of ether oxygens (including phenoxy) is 1. The lowest BCUT2D eigenvalue weighted by molar-refractivity contribution is -0.137. The molecule has 0 amide bonds. The summed E-state index contributed by atoms with van der Waals surface area (Å²) in [6.45, 7) is 3.70. The predicted octanol–water partition coefficient (Wildman–Crippen LogP) is 7.15. The molecule has 1 aliphatic rings. The fourth-order valence-corrected chi connectivity index (χ4v) is 7.95. The molecule has 1 aliphatic heterocycles. The van der Waals surface area contributed by atoms with Gasteiger partial charge in [-0.2, -0.15) is 0 Å². The van der Waals surface area contributed by atoms with Crippen molar-refractivity contribution in [1.82, 2.24) is 0 Å². The number of benzene rings is 3. The first-order valence-electron chi connectivity index (χ1n) is 11.8. The van der Waals surface area contributed by atoms with Gasteiger partial charge in [0, 0.05) is 16.6 Å². The summed E-state index contributed by atoms with van der Waals surface area (Å²) < 4.78 is 33.3. The standard InChI is InChI=1S/C28H27Cl2NO4S2/c1-3-35-28(32)26(37(33,34)23-7-5-4-6-8-23)27-31(22-15-13-21(30)14-16-22)24(17-18-29)25(36-27)20-11-9-19(2)10-12-20/h4-16,24-25H,3,17-18H2,1-2H3/b27-26-/t24-,25-/m1/s1.